The van der Waals surface area contributed by atoms with Crippen LogP contribution in [0.5, 0.6) is 0 Å². The number of halogens is 4. The lowest BCUT2D eigenvalue weighted by Gasteiger charge is -2.15. The molecule has 0 saturated heterocycles. The molecular formula is C27H19F4N3O3. The van der Waals surface area contributed by atoms with Crippen LogP contribution < -0.4 is 5.56 Å². The van der Waals surface area contributed by atoms with Crippen LogP contribution in [0.4, 0.5) is 17.6 Å². The zero-order valence-electron chi connectivity index (χ0n) is 19.4. The van der Waals surface area contributed by atoms with Crippen LogP contribution >= 0.6 is 0 Å². The summed E-state index contributed by atoms with van der Waals surface area (Å²) in [7, 11) is 0. The highest BCUT2D eigenvalue weighted by atomic mass is 19.4. The lowest BCUT2D eigenvalue weighted by molar-refractivity contribution is -0.138. The molecule has 37 heavy (non-hydrogen) atoms. The van der Waals surface area contributed by atoms with Crippen molar-refractivity contribution in [2.75, 3.05) is 0 Å². The Hall–Kier alpha value is -4.47. The molecule has 2 aromatic heterocycles. The molecule has 0 aliphatic heterocycles. The summed E-state index contributed by atoms with van der Waals surface area (Å²) in [5.41, 5.74) is -0.0725. The van der Waals surface area contributed by atoms with Crippen LogP contribution in [-0.4, -0.2) is 25.4 Å². The Bertz CT molecular complexity index is 1750. The quantitative estimate of drug-likeness (QED) is 0.312. The number of carboxylic acids is 1. The molecule has 0 amide bonds. The van der Waals surface area contributed by atoms with Gasteiger partial charge in [0.2, 0.25) is 0 Å². The van der Waals surface area contributed by atoms with Crippen molar-refractivity contribution in [3.8, 4) is 11.3 Å². The van der Waals surface area contributed by atoms with E-state index >= 15 is 0 Å². The highest BCUT2D eigenvalue weighted by Crippen LogP contribution is 2.37. The van der Waals surface area contributed by atoms with Crippen molar-refractivity contribution >= 4 is 27.6 Å². The van der Waals surface area contributed by atoms with Gasteiger partial charge in [-0.3, -0.25) is 9.59 Å². The van der Waals surface area contributed by atoms with Gasteiger partial charge in [0.05, 0.1) is 17.5 Å². The third-order valence-corrected chi connectivity index (χ3v) is 6.33. The summed E-state index contributed by atoms with van der Waals surface area (Å²) < 4.78 is 57.7. The second-order valence-corrected chi connectivity index (χ2v) is 8.61. The molecule has 0 unspecified atom stereocenters. The van der Waals surface area contributed by atoms with Gasteiger partial charge in [-0.1, -0.05) is 36.4 Å². The third-order valence-electron chi connectivity index (χ3n) is 6.33. The largest absolute Gasteiger partial charge is 0.480 e. The number of aliphatic carboxylic acids is 1. The molecule has 0 spiro atoms. The van der Waals surface area contributed by atoms with Gasteiger partial charge in [0.25, 0.3) is 5.56 Å². The number of carboxylic acid groups (broad SMARTS) is 1. The number of benzene rings is 3. The molecule has 0 atom stereocenters. The molecule has 0 saturated carbocycles. The van der Waals surface area contributed by atoms with E-state index in [1.807, 2.05) is 0 Å². The molecule has 5 aromatic rings. The number of alkyl halides is 3. The first kappa shape index (κ1) is 24.2. The monoisotopic (exact) mass is 509 g/mol. The normalized spacial score (nSPS) is 11.9. The van der Waals surface area contributed by atoms with Gasteiger partial charge in [0.15, 0.2) is 0 Å². The van der Waals surface area contributed by atoms with Crippen LogP contribution in [0, 0.1) is 12.7 Å². The van der Waals surface area contributed by atoms with Crippen molar-refractivity contribution in [2.45, 2.75) is 26.2 Å². The van der Waals surface area contributed by atoms with E-state index in [4.69, 9.17) is 0 Å². The van der Waals surface area contributed by atoms with E-state index in [1.54, 1.807) is 31.2 Å². The van der Waals surface area contributed by atoms with Crippen LogP contribution in [0.25, 0.3) is 32.9 Å². The fraction of sp³-hybridized carbons (Fsp3) is 0.148. The van der Waals surface area contributed by atoms with Crippen molar-refractivity contribution in [2.24, 2.45) is 0 Å². The van der Waals surface area contributed by atoms with E-state index in [-0.39, 0.29) is 16.6 Å². The molecule has 3 aromatic carbocycles. The summed E-state index contributed by atoms with van der Waals surface area (Å²) in [6.45, 7) is 0.805. The zero-order valence-corrected chi connectivity index (χ0v) is 19.4. The average Bonchev–Trinajstić information content (AvgIpc) is 3.10. The highest BCUT2D eigenvalue weighted by molar-refractivity contribution is 6.05. The topological polar surface area (TPSA) is 77.1 Å². The van der Waals surface area contributed by atoms with Gasteiger partial charge in [-0.25, -0.2) is 9.07 Å². The fourth-order valence-corrected chi connectivity index (χ4v) is 4.72. The van der Waals surface area contributed by atoms with Gasteiger partial charge in [0.1, 0.15) is 18.1 Å². The standard InChI is InChI=1S/C27H19F4N3O3/c1-15-24(20-12-17(28)10-11-22(20)33(15)14-23(35)36)25-18-7-3-4-8-19(18)26(37)34(32-25)13-16-6-2-5-9-21(16)27(29,30)31/h2-12H,13-14H2,1H3,(H,35,36). The Morgan fingerprint density at radius 1 is 0.973 bits per heavy atom. The van der Waals surface area contributed by atoms with Crippen molar-refractivity contribution in [3.05, 3.63) is 99.7 Å². The molecule has 0 bridgehead atoms. The summed E-state index contributed by atoms with van der Waals surface area (Å²) in [4.78, 5) is 24.9. The van der Waals surface area contributed by atoms with Crippen LogP contribution in [0.15, 0.2) is 71.5 Å². The van der Waals surface area contributed by atoms with Crippen molar-refractivity contribution in [3.63, 3.8) is 0 Å². The van der Waals surface area contributed by atoms with Crippen LogP contribution in [0.1, 0.15) is 16.8 Å². The lowest BCUT2D eigenvalue weighted by Crippen LogP contribution is -2.25. The maximum Gasteiger partial charge on any atom is 0.416 e. The van der Waals surface area contributed by atoms with E-state index < -0.39 is 42.2 Å². The van der Waals surface area contributed by atoms with Gasteiger partial charge >= 0.3 is 12.1 Å². The first-order chi connectivity index (χ1) is 17.6. The molecule has 0 radical (unpaired) electrons. The predicted octanol–water partition coefficient (Wildman–Crippen LogP) is 5.62. The predicted molar refractivity (Wildman–Crippen MR) is 130 cm³/mol. The molecule has 188 valence electrons. The summed E-state index contributed by atoms with van der Waals surface area (Å²) >= 11 is 0. The third kappa shape index (κ3) is 4.24. The lowest BCUT2D eigenvalue weighted by atomic mass is 10.0. The average molecular weight is 509 g/mol. The number of fused-ring (bicyclic) bond motifs is 2. The maximum atomic E-state index is 14.3. The van der Waals surface area contributed by atoms with E-state index in [0.717, 1.165) is 10.7 Å². The van der Waals surface area contributed by atoms with Crippen LogP contribution in [0.2, 0.25) is 0 Å². The van der Waals surface area contributed by atoms with Crippen LogP contribution in [-0.2, 0) is 24.1 Å². The van der Waals surface area contributed by atoms with E-state index in [1.165, 1.54) is 41.0 Å². The Balaban J connectivity index is 1.82. The fourth-order valence-electron chi connectivity index (χ4n) is 4.72. The number of hydrogen-bond acceptors (Lipinski definition) is 3. The molecule has 0 aliphatic carbocycles. The number of aromatic nitrogens is 3. The van der Waals surface area contributed by atoms with Gasteiger partial charge in [-0.15, -0.1) is 0 Å². The van der Waals surface area contributed by atoms with Crippen LogP contribution in [0.3, 0.4) is 0 Å². The van der Waals surface area contributed by atoms with Crippen molar-refractivity contribution in [1.29, 1.82) is 0 Å². The minimum absolute atomic E-state index is 0.137. The van der Waals surface area contributed by atoms with E-state index in [9.17, 15) is 32.3 Å². The van der Waals surface area contributed by atoms with E-state index in [2.05, 4.69) is 5.10 Å². The Morgan fingerprint density at radius 2 is 1.65 bits per heavy atom. The molecule has 6 nitrogen and oxygen atoms in total. The van der Waals surface area contributed by atoms with E-state index in [0.29, 0.717) is 27.5 Å². The SMILES string of the molecule is Cc1c(-c2nn(Cc3ccccc3C(F)(F)F)c(=O)c3ccccc23)c2cc(F)ccc2n1CC(=O)O. The molecule has 10 heteroatoms. The number of nitrogens with zero attached hydrogens (tertiary/aromatic N) is 3. The molecule has 5 rings (SSSR count). The summed E-state index contributed by atoms with van der Waals surface area (Å²) in [5.74, 6) is -1.67. The zero-order chi connectivity index (χ0) is 26.5. The Labute approximate surface area is 207 Å². The first-order valence-corrected chi connectivity index (χ1v) is 11.2. The summed E-state index contributed by atoms with van der Waals surface area (Å²) in [6.07, 6.45) is -4.63. The first-order valence-electron chi connectivity index (χ1n) is 11.2. The summed E-state index contributed by atoms with van der Waals surface area (Å²) in [5, 5.41) is 14.9. The molecular weight excluding hydrogens is 490 g/mol. The van der Waals surface area contributed by atoms with Gasteiger partial charge in [-0.05, 0) is 42.8 Å². The number of hydrogen-bond donors (Lipinski definition) is 1. The molecule has 2 heterocycles. The highest BCUT2D eigenvalue weighted by Gasteiger charge is 2.33. The van der Waals surface area contributed by atoms with Crippen molar-refractivity contribution < 1.29 is 27.5 Å². The minimum atomic E-state index is -4.63. The van der Waals surface area contributed by atoms with Crippen molar-refractivity contribution in [1.82, 2.24) is 14.3 Å². The second kappa shape index (κ2) is 8.88. The molecule has 0 aliphatic rings. The van der Waals surface area contributed by atoms with Gasteiger partial charge < -0.3 is 9.67 Å². The molecule has 1 N–H and O–H groups in total. The Morgan fingerprint density at radius 3 is 2.35 bits per heavy atom. The second-order valence-electron chi connectivity index (χ2n) is 8.61. The number of carbonyl (C=O) groups is 1. The maximum absolute atomic E-state index is 14.3. The smallest absolute Gasteiger partial charge is 0.416 e. The minimum Gasteiger partial charge on any atom is -0.480 e. The molecule has 0 fully saturated rings. The van der Waals surface area contributed by atoms with Gasteiger partial charge in [0, 0.05) is 27.5 Å². The summed E-state index contributed by atoms with van der Waals surface area (Å²) in [6, 6.07) is 15.4. The Kier molecular flexibility index (Phi) is 5.82. The van der Waals surface area contributed by atoms with Gasteiger partial charge in [-0.2, -0.15) is 18.3 Å². The number of rotatable bonds is 5.